The highest BCUT2D eigenvalue weighted by Gasteiger charge is 2.16. The Morgan fingerprint density at radius 1 is 1.08 bits per heavy atom. The highest BCUT2D eigenvalue weighted by Crippen LogP contribution is 2.22. The van der Waals surface area contributed by atoms with Gasteiger partial charge < -0.3 is 9.80 Å². The van der Waals surface area contributed by atoms with Gasteiger partial charge in [0.25, 0.3) is 0 Å². The summed E-state index contributed by atoms with van der Waals surface area (Å²) in [4.78, 5) is 13.9. The van der Waals surface area contributed by atoms with Gasteiger partial charge in [0.15, 0.2) is 0 Å². The van der Waals surface area contributed by atoms with Crippen LogP contribution < -0.4 is 4.90 Å². The molecule has 2 heterocycles. The Bertz CT molecular complexity index is 734. The first-order valence-electron chi connectivity index (χ1n) is 9.48. The molecule has 144 valence electrons. The van der Waals surface area contributed by atoms with Crippen molar-refractivity contribution in [2.24, 2.45) is 0 Å². The third-order valence-corrected chi connectivity index (χ3v) is 5.06. The molecule has 0 saturated heterocycles. The smallest absolute Gasteiger partial charge is 0.132 e. The first kappa shape index (κ1) is 20.4. The van der Waals surface area contributed by atoms with E-state index in [1.165, 1.54) is 11.3 Å². The van der Waals surface area contributed by atoms with Gasteiger partial charge >= 0.3 is 0 Å². The van der Waals surface area contributed by atoms with E-state index < -0.39 is 0 Å². The lowest BCUT2D eigenvalue weighted by atomic mass is 10.1. The second-order valence-electron chi connectivity index (χ2n) is 7.46. The van der Waals surface area contributed by atoms with Gasteiger partial charge in [-0.3, -0.25) is 4.68 Å². The van der Waals surface area contributed by atoms with E-state index >= 15 is 0 Å². The minimum absolute atomic E-state index is 0.278. The molecule has 2 rings (SSSR count). The summed E-state index contributed by atoms with van der Waals surface area (Å²) in [5.41, 5.74) is 4.70. The van der Waals surface area contributed by atoms with Crippen LogP contribution in [0, 0.1) is 27.7 Å². The zero-order valence-electron chi connectivity index (χ0n) is 17.7. The molecule has 0 aromatic carbocycles. The average Bonchev–Trinajstić information content (AvgIpc) is 2.81. The third-order valence-electron chi connectivity index (χ3n) is 5.06. The largest absolute Gasteiger partial charge is 0.355 e. The van der Waals surface area contributed by atoms with Crippen LogP contribution >= 0.6 is 0 Å². The average molecular weight is 359 g/mol. The van der Waals surface area contributed by atoms with Crippen molar-refractivity contribution in [3.05, 3.63) is 34.5 Å². The Balaban J connectivity index is 2.23. The number of nitrogens with zero attached hydrogens (tertiary/aromatic N) is 6. The molecule has 6 nitrogen and oxygen atoms in total. The van der Waals surface area contributed by atoms with E-state index in [0.29, 0.717) is 0 Å². The van der Waals surface area contributed by atoms with Crippen molar-refractivity contribution in [1.82, 2.24) is 24.6 Å². The van der Waals surface area contributed by atoms with Crippen molar-refractivity contribution in [3.8, 4) is 0 Å². The second kappa shape index (κ2) is 8.62. The van der Waals surface area contributed by atoms with Gasteiger partial charge in [-0.25, -0.2) is 9.97 Å². The van der Waals surface area contributed by atoms with Crippen LogP contribution in [0.2, 0.25) is 0 Å². The van der Waals surface area contributed by atoms with Gasteiger partial charge in [-0.2, -0.15) is 5.10 Å². The summed E-state index contributed by atoms with van der Waals surface area (Å²) < 4.78 is 2.11. The highest BCUT2D eigenvalue weighted by atomic mass is 15.3. The van der Waals surface area contributed by atoms with E-state index in [9.17, 15) is 0 Å². The van der Waals surface area contributed by atoms with Crippen molar-refractivity contribution in [3.63, 3.8) is 0 Å². The molecule has 0 aliphatic rings. The minimum Gasteiger partial charge on any atom is -0.355 e. The maximum absolute atomic E-state index is 4.71. The molecule has 0 aliphatic carbocycles. The van der Waals surface area contributed by atoms with Gasteiger partial charge in [0.2, 0.25) is 0 Å². The van der Waals surface area contributed by atoms with Crippen molar-refractivity contribution >= 4 is 5.82 Å². The van der Waals surface area contributed by atoms with Crippen LogP contribution in [0.4, 0.5) is 5.82 Å². The molecular weight excluding hydrogens is 324 g/mol. The Hall–Kier alpha value is -1.95. The minimum atomic E-state index is 0.278. The Labute approximate surface area is 158 Å². The quantitative estimate of drug-likeness (QED) is 0.726. The number of hydrogen-bond acceptors (Lipinski definition) is 5. The van der Waals surface area contributed by atoms with Crippen LogP contribution in [0.3, 0.4) is 0 Å². The van der Waals surface area contributed by atoms with Gasteiger partial charge in [-0.05, 0) is 54.3 Å². The summed E-state index contributed by atoms with van der Waals surface area (Å²) in [6.07, 6.45) is 0. The lowest BCUT2D eigenvalue weighted by Crippen LogP contribution is -2.32. The number of rotatable bonds is 8. The Morgan fingerprint density at radius 2 is 1.77 bits per heavy atom. The van der Waals surface area contributed by atoms with Crippen molar-refractivity contribution in [1.29, 1.82) is 0 Å². The lowest BCUT2D eigenvalue weighted by Gasteiger charge is -2.25. The molecule has 26 heavy (non-hydrogen) atoms. The highest BCUT2D eigenvalue weighted by molar-refractivity contribution is 5.40. The van der Waals surface area contributed by atoms with E-state index in [4.69, 9.17) is 4.98 Å². The monoisotopic (exact) mass is 358 g/mol. The van der Waals surface area contributed by atoms with Crippen LogP contribution in [0.25, 0.3) is 0 Å². The summed E-state index contributed by atoms with van der Waals surface area (Å²) >= 11 is 0. The molecule has 0 bridgehead atoms. The zero-order chi connectivity index (χ0) is 19.4. The van der Waals surface area contributed by atoms with Gasteiger partial charge in [0.05, 0.1) is 11.4 Å². The van der Waals surface area contributed by atoms with Crippen LogP contribution in [-0.2, 0) is 6.54 Å². The van der Waals surface area contributed by atoms with Crippen molar-refractivity contribution in [2.45, 2.75) is 54.0 Å². The maximum Gasteiger partial charge on any atom is 0.132 e. The molecule has 1 atom stereocenters. The standard InChI is InChI=1S/C20H34N6/c1-9-25(11-10-24(7)8)20-12-19(21-18(6)22-20)14(2)13-26-17(5)15(3)16(4)23-26/h12,14H,9-11,13H2,1-8H3. The molecule has 0 spiro atoms. The number of aromatic nitrogens is 4. The molecule has 0 fully saturated rings. The van der Waals surface area contributed by atoms with Crippen LogP contribution in [0.15, 0.2) is 6.07 Å². The van der Waals surface area contributed by atoms with Crippen LogP contribution in [-0.4, -0.2) is 58.4 Å². The first-order chi connectivity index (χ1) is 12.2. The third kappa shape index (κ3) is 4.81. The number of likely N-dealkylation sites (N-methyl/N-ethyl adjacent to an activating group) is 2. The van der Waals surface area contributed by atoms with E-state index in [1.54, 1.807) is 0 Å². The topological polar surface area (TPSA) is 50.1 Å². The summed E-state index contributed by atoms with van der Waals surface area (Å²) in [5.74, 6) is 2.13. The predicted molar refractivity (Wildman–Crippen MR) is 108 cm³/mol. The van der Waals surface area contributed by atoms with Crippen molar-refractivity contribution in [2.75, 3.05) is 38.6 Å². The fraction of sp³-hybridized carbons (Fsp3) is 0.650. The van der Waals surface area contributed by atoms with Gasteiger partial charge in [0.1, 0.15) is 11.6 Å². The molecule has 0 N–H and O–H groups in total. The van der Waals surface area contributed by atoms with E-state index in [0.717, 1.165) is 49.2 Å². The van der Waals surface area contributed by atoms with E-state index in [1.807, 2.05) is 6.92 Å². The molecule has 0 aliphatic heterocycles. The Kier molecular flexibility index (Phi) is 6.75. The van der Waals surface area contributed by atoms with E-state index in [2.05, 4.69) is 79.3 Å². The predicted octanol–water partition coefficient (Wildman–Crippen LogP) is 3.10. The number of hydrogen-bond donors (Lipinski definition) is 0. The maximum atomic E-state index is 4.71. The summed E-state index contributed by atoms with van der Waals surface area (Å²) in [7, 11) is 4.20. The summed E-state index contributed by atoms with van der Waals surface area (Å²) in [5, 5.41) is 4.68. The van der Waals surface area contributed by atoms with E-state index in [-0.39, 0.29) is 5.92 Å². The van der Waals surface area contributed by atoms with Gasteiger partial charge in [-0.1, -0.05) is 6.92 Å². The zero-order valence-corrected chi connectivity index (χ0v) is 17.7. The molecule has 1 unspecified atom stereocenters. The Morgan fingerprint density at radius 3 is 2.31 bits per heavy atom. The molecule has 2 aromatic rings. The number of aryl methyl sites for hydroxylation is 2. The summed E-state index contributed by atoms with van der Waals surface area (Å²) in [6.45, 7) is 16.5. The fourth-order valence-corrected chi connectivity index (χ4v) is 3.06. The number of anilines is 1. The molecule has 2 aromatic heterocycles. The molecule has 0 saturated carbocycles. The van der Waals surface area contributed by atoms with Crippen molar-refractivity contribution < 1.29 is 0 Å². The van der Waals surface area contributed by atoms with Gasteiger partial charge in [0, 0.05) is 43.9 Å². The first-order valence-corrected chi connectivity index (χ1v) is 9.48. The molecule has 0 radical (unpaired) electrons. The fourth-order valence-electron chi connectivity index (χ4n) is 3.06. The second-order valence-corrected chi connectivity index (χ2v) is 7.46. The van der Waals surface area contributed by atoms with Gasteiger partial charge in [-0.15, -0.1) is 0 Å². The molecular formula is C20H34N6. The lowest BCUT2D eigenvalue weighted by molar-refractivity contribution is 0.413. The normalized spacial score (nSPS) is 12.7. The molecule has 6 heteroatoms. The van der Waals surface area contributed by atoms with Crippen LogP contribution in [0.5, 0.6) is 0 Å². The summed E-state index contributed by atoms with van der Waals surface area (Å²) in [6, 6.07) is 2.15. The molecule has 0 amide bonds. The van der Waals surface area contributed by atoms with Crippen LogP contribution in [0.1, 0.15) is 48.2 Å². The SMILES string of the molecule is CCN(CCN(C)C)c1cc(C(C)Cn2nc(C)c(C)c2C)nc(C)n1.